The molecule has 0 atom stereocenters. The molecule has 0 saturated heterocycles. The highest BCUT2D eigenvalue weighted by Crippen LogP contribution is 2.39. The molecule has 2 N–H and O–H groups in total. The molecule has 0 aliphatic rings. The Morgan fingerprint density at radius 3 is 2.67 bits per heavy atom. The van der Waals surface area contributed by atoms with Gasteiger partial charge in [-0.05, 0) is 29.8 Å². The van der Waals surface area contributed by atoms with Crippen molar-refractivity contribution in [2.45, 2.75) is 26.2 Å². The minimum Gasteiger partial charge on any atom is -0.336 e. The highest BCUT2D eigenvalue weighted by Gasteiger charge is 2.25. The molecule has 124 valence electrons. The summed E-state index contributed by atoms with van der Waals surface area (Å²) in [5.74, 6) is 5.70. The maximum atomic E-state index is 12.4. The van der Waals surface area contributed by atoms with Crippen LogP contribution in [-0.4, -0.2) is 19.6 Å². The van der Waals surface area contributed by atoms with Gasteiger partial charge in [-0.3, -0.25) is 4.79 Å². The van der Waals surface area contributed by atoms with E-state index < -0.39 is 0 Å². The average Bonchev–Trinajstić information content (AvgIpc) is 2.95. The summed E-state index contributed by atoms with van der Waals surface area (Å²) in [4.78, 5) is 26.1. The molecule has 3 aromatic rings. The summed E-state index contributed by atoms with van der Waals surface area (Å²) in [6.45, 7) is 6.20. The topological polar surface area (TPSA) is 86.7 Å². The summed E-state index contributed by atoms with van der Waals surface area (Å²) in [7, 11) is 0. The zero-order valence-corrected chi connectivity index (χ0v) is 15.0. The van der Waals surface area contributed by atoms with Crippen LogP contribution in [0.1, 0.15) is 25.8 Å². The van der Waals surface area contributed by atoms with Crippen LogP contribution < -0.4 is 11.4 Å². The fourth-order valence-corrected chi connectivity index (χ4v) is 3.40. The predicted molar refractivity (Wildman–Crippen MR) is 96.7 cm³/mol. The molecule has 8 heteroatoms. The summed E-state index contributed by atoms with van der Waals surface area (Å²) in [5, 5.41) is 1.04. The molecule has 3 rings (SSSR count). The van der Waals surface area contributed by atoms with Gasteiger partial charge in [0.15, 0.2) is 0 Å². The molecule has 0 spiro atoms. The average molecular weight is 362 g/mol. The van der Waals surface area contributed by atoms with Gasteiger partial charge in [0.05, 0.1) is 26.8 Å². The van der Waals surface area contributed by atoms with Crippen molar-refractivity contribution in [1.29, 1.82) is 0 Å². The lowest BCUT2D eigenvalue weighted by atomic mass is 9.98. The van der Waals surface area contributed by atoms with E-state index in [1.54, 1.807) is 24.4 Å². The maximum Gasteiger partial charge on any atom is 0.278 e. The van der Waals surface area contributed by atoms with Crippen LogP contribution in [-0.2, 0) is 5.41 Å². The van der Waals surface area contributed by atoms with E-state index in [1.165, 1.54) is 17.5 Å². The van der Waals surface area contributed by atoms with Crippen LogP contribution in [0.3, 0.4) is 0 Å². The molecule has 0 aromatic carbocycles. The molecule has 0 fully saturated rings. The van der Waals surface area contributed by atoms with E-state index in [0.717, 1.165) is 14.6 Å². The van der Waals surface area contributed by atoms with E-state index in [1.807, 2.05) is 0 Å². The third-order valence-electron chi connectivity index (χ3n) is 3.36. The van der Waals surface area contributed by atoms with Gasteiger partial charge in [-0.15, -0.1) is 11.3 Å². The number of hydrogen-bond donors (Lipinski definition) is 1. The molecule has 0 saturated carbocycles. The van der Waals surface area contributed by atoms with Gasteiger partial charge in [-0.2, -0.15) is 0 Å². The van der Waals surface area contributed by atoms with Crippen LogP contribution in [0.2, 0.25) is 5.28 Å². The van der Waals surface area contributed by atoms with Crippen molar-refractivity contribution < 1.29 is 0 Å². The van der Waals surface area contributed by atoms with Gasteiger partial charge in [0, 0.05) is 17.8 Å². The summed E-state index contributed by atoms with van der Waals surface area (Å²) < 4.78 is 1.04. The minimum absolute atomic E-state index is 0.147. The lowest BCUT2D eigenvalue weighted by Gasteiger charge is -2.13. The van der Waals surface area contributed by atoms with Crippen molar-refractivity contribution in [2.75, 3.05) is 5.84 Å². The highest BCUT2D eigenvalue weighted by atomic mass is 35.5. The SMILES string of the molecule is CC(C)(C)c1nc(-c2cccn(N)c2=O)c(-c2ccnc(Cl)n2)s1. The van der Waals surface area contributed by atoms with E-state index in [9.17, 15) is 4.79 Å². The van der Waals surface area contributed by atoms with Crippen molar-refractivity contribution in [3.63, 3.8) is 0 Å². The lowest BCUT2D eigenvalue weighted by Crippen LogP contribution is -2.27. The van der Waals surface area contributed by atoms with Crippen LogP contribution in [0.4, 0.5) is 0 Å². The van der Waals surface area contributed by atoms with E-state index in [2.05, 4.69) is 30.7 Å². The highest BCUT2D eigenvalue weighted by molar-refractivity contribution is 7.15. The van der Waals surface area contributed by atoms with Gasteiger partial charge in [0.2, 0.25) is 5.28 Å². The molecule has 24 heavy (non-hydrogen) atoms. The van der Waals surface area contributed by atoms with Crippen molar-refractivity contribution >= 4 is 22.9 Å². The fraction of sp³-hybridized carbons (Fsp3) is 0.250. The maximum absolute atomic E-state index is 12.4. The van der Waals surface area contributed by atoms with Crippen molar-refractivity contribution in [3.8, 4) is 21.8 Å². The quantitative estimate of drug-likeness (QED) is 0.559. The Labute approximate surface area is 148 Å². The molecule has 3 aromatic heterocycles. The Morgan fingerprint density at radius 2 is 2.00 bits per heavy atom. The number of hydrogen-bond acceptors (Lipinski definition) is 6. The molecule has 0 aliphatic carbocycles. The first-order valence-corrected chi connectivity index (χ1v) is 8.44. The smallest absolute Gasteiger partial charge is 0.278 e. The van der Waals surface area contributed by atoms with Crippen LogP contribution in [0.15, 0.2) is 35.4 Å². The summed E-state index contributed by atoms with van der Waals surface area (Å²) in [5.41, 5.74) is 1.14. The summed E-state index contributed by atoms with van der Waals surface area (Å²) in [6, 6.07) is 5.17. The van der Waals surface area contributed by atoms with Crippen molar-refractivity contribution in [2.24, 2.45) is 0 Å². The summed E-state index contributed by atoms with van der Waals surface area (Å²) in [6.07, 6.45) is 3.08. The Balaban J connectivity index is 2.30. The van der Waals surface area contributed by atoms with E-state index in [-0.39, 0.29) is 16.3 Å². The minimum atomic E-state index is -0.315. The number of pyridine rings is 1. The van der Waals surface area contributed by atoms with Gasteiger partial charge in [0.25, 0.3) is 5.56 Å². The van der Waals surface area contributed by atoms with Crippen molar-refractivity contribution in [3.05, 3.63) is 51.2 Å². The first-order valence-electron chi connectivity index (χ1n) is 7.24. The zero-order chi connectivity index (χ0) is 17.5. The Bertz CT molecular complexity index is 958. The third kappa shape index (κ3) is 3.05. The van der Waals surface area contributed by atoms with Crippen LogP contribution in [0.5, 0.6) is 0 Å². The van der Waals surface area contributed by atoms with Gasteiger partial charge in [-0.1, -0.05) is 20.8 Å². The van der Waals surface area contributed by atoms with Crippen LogP contribution in [0.25, 0.3) is 21.8 Å². The standard InChI is InChI=1S/C16H16ClN5OS/c1-16(2,3)14-21-11(9-5-4-8-22(18)13(9)23)12(24-14)10-6-7-19-15(17)20-10/h4-8H,18H2,1-3H3. The molecule has 0 bridgehead atoms. The number of nitrogens with two attached hydrogens (primary N) is 1. The lowest BCUT2D eigenvalue weighted by molar-refractivity contribution is 0.586. The Kier molecular flexibility index (Phi) is 4.15. The number of aromatic nitrogens is 4. The van der Waals surface area contributed by atoms with Gasteiger partial charge < -0.3 is 5.84 Å². The second-order valence-electron chi connectivity index (χ2n) is 6.29. The van der Waals surface area contributed by atoms with Gasteiger partial charge in [0.1, 0.15) is 0 Å². The number of rotatable bonds is 2. The van der Waals surface area contributed by atoms with Gasteiger partial charge in [-0.25, -0.2) is 19.6 Å². The number of nitrogen functional groups attached to an aromatic ring is 1. The van der Waals surface area contributed by atoms with E-state index in [0.29, 0.717) is 17.0 Å². The Morgan fingerprint density at radius 1 is 1.25 bits per heavy atom. The van der Waals surface area contributed by atoms with Gasteiger partial charge >= 0.3 is 0 Å². The molecule has 6 nitrogen and oxygen atoms in total. The first kappa shape index (κ1) is 16.6. The molecular weight excluding hydrogens is 346 g/mol. The largest absolute Gasteiger partial charge is 0.336 e. The second kappa shape index (κ2) is 5.99. The Hall–Kier alpha value is -2.25. The van der Waals surface area contributed by atoms with E-state index in [4.69, 9.17) is 22.4 Å². The second-order valence-corrected chi connectivity index (χ2v) is 7.63. The zero-order valence-electron chi connectivity index (χ0n) is 13.4. The molecule has 0 radical (unpaired) electrons. The normalized spacial score (nSPS) is 11.7. The fourth-order valence-electron chi connectivity index (χ4n) is 2.15. The molecule has 0 unspecified atom stereocenters. The monoisotopic (exact) mass is 361 g/mol. The third-order valence-corrected chi connectivity index (χ3v) is 5.04. The van der Waals surface area contributed by atoms with Crippen LogP contribution >= 0.6 is 22.9 Å². The summed E-state index contributed by atoms with van der Waals surface area (Å²) >= 11 is 7.41. The van der Waals surface area contributed by atoms with Crippen molar-refractivity contribution in [1.82, 2.24) is 19.6 Å². The number of halogens is 1. The predicted octanol–water partition coefficient (Wildman–Crippen LogP) is 3.09. The molecule has 3 heterocycles. The molecular formula is C16H16ClN5OS. The first-order chi connectivity index (χ1) is 11.3. The number of nitrogens with zero attached hydrogens (tertiary/aromatic N) is 4. The number of thiazole rings is 1. The molecule has 0 aliphatic heterocycles. The van der Waals surface area contributed by atoms with E-state index >= 15 is 0 Å². The van der Waals surface area contributed by atoms with Crippen LogP contribution in [0, 0.1) is 0 Å². The molecule has 0 amide bonds.